The normalized spacial score (nSPS) is 10.9. The zero-order valence-electron chi connectivity index (χ0n) is 18.1. The molecule has 0 fully saturated rings. The first-order chi connectivity index (χ1) is 15.0. The summed E-state index contributed by atoms with van der Waals surface area (Å²) in [5.74, 6) is 2.39. The Labute approximate surface area is 191 Å². The van der Waals surface area contributed by atoms with Crippen LogP contribution in [0.5, 0.6) is 17.2 Å². The highest BCUT2D eigenvalue weighted by Gasteiger charge is 2.10. The van der Waals surface area contributed by atoms with Crippen LogP contribution in [-0.4, -0.2) is 26.2 Å². The Kier molecular flexibility index (Phi) is 8.18. The van der Waals surface area contributed by atoms with Crippen LogP contribution in [0.25, 0.3) is 10.8 Å². The minimum absolute atomic E-state index is 0.0650. The van der Waals surface area contributed by atoms with E-state index in [4.69, 9.17) is 14.2 Å². The van der Waals surface area contributed by atoms with Gasteiger partial charge in [-0.3, -0.25) is 4.79 Å². The van der Waals surface area contributed by atoms with E-state index < -0.39 is 0 Å². The number of amides is 1. The lowest BCUT2D eigenvalue weighted by atomic mass is 10.1. The van der Waals surface area contributed by atoms with Crippen LogP contribution in [0.3, 0.4) is 0 Å². The van der Waals surface area contributed by atoms with Crippen molar-refractivity contribution in [2.24, 2.45) is 5.92 Å². The molecule has 3 rings (SSSR count). The predicted molar refractivity (Wildman–Crippen MR) is 127 cm³/mol. The van der Waals surface area contributed by atoms with Crippen LogP contribution in [-0.2, 0) is 11.3 Å². The highest BCUT2D eigenvalue weighted by Crippen LogP contribution is 2.33. The van der Waals surface area contributed by atoms with E-state index >= 15 is 0 Å². The quantitative estimate of drug-likeness (QED) is 0.398. The van der Waals surface area contributed by atoms with Gasteiger partial charge in [-0.05, 0) is 62.8 Å². The summed E-state index contributed by atoms with van der Waals surface area (Å²) >= 11 is 3.57. The number of fused-ring (bicyclic) bond motifs is 1. The molecule has 0 unspecified atom stereocenters. The lowest BCUT2D eigenvalue weighted by Gasteiger charge is -2.14. The Balaban J connectivity index is 1.53. The molecule has 1 N–H and O–H groups in total. The van der Waals surface area contributed by atoms with Crippen LogP contribution in [0.15, 0.2) is 59.1 Å². The van der Waals surface area contributed by atoms with E-state index in [1.54, 1.807) is 7.11 Å². The Morgan fingerprint density at radius 1 is 1.00 bits per heavy atom. The number of carbonyl (C=O) groups excluding carboxylic acids is 1. The summed E-state index contributed by atoms with van der Waals surface area (Å²) < 4.78 is 17.8. The molecule has 164 valence electrons. The molecule has 0 saturated heterocycles. The third-order valence-corrected chi connectivity index (χ3v) is 5.68. The van der Waals surface area contributed by atoms with Gasteiger partial charge in [0.05, 0.1) is 18.2 Å². The molecule has 0 aliphatic heterocycles. The fraction of sp³-hybridized carbons (Fsp3) is 0.320. The molecular formula is C25H28BrNO4. The molecule has 0 heterocycles. The average Bonchev–Trinajstić information content (AvgIpc) is 2.77. The predicted octanol–water partition coefficient (Wildman–Crippen LogP) is 5.73. The zero-order chi connectivity index (χ0) is 22.2. The second-order valence-electron chi connectivity index (χ2n) is 7.68. The zero-order valence-corrected chi connectivity index (χ0v) is 19.7. The van der Waals surface area contributed by atoms with Crippen LogP contribution in [0.1, 0.15) is 25.8 Å². The first-order valence-electron chi connectivity index (χ1n) is 10.3. The van der Waals surface area contributed by atoms with Crippen molar-refractivity contribution in [1.82, 2.24) is 5.32 Å². The molecule has 0 aliphatic carbocycles. The Morgan fingerprint density at radius 3 is 2.55 bits per heavy atom. The summed E-state index contributed by atoms with van der Waals surface area (Å²) in [6.07, 6.45) is 0.980. The smallest absolute Gasteiger partial charge is 0.258 e. The minimum Gasteiger partial charge on any atom is -0.493 e. The van der Waals surface area contributed by atoms with E-state index in [-0.39, 0.29) is 12.5 Å². The molecule has 0 atom stereocenters. The molecule has 0 saturated carbocycles. The first kappa shape index (κ1) is 22.9. The number of rotatable bonds is 10. The topological polar surface area (TPSA) is 56.8 Å². The molecule has 1 amide bonds. The molecule has 0 bridgehead atoms. The van der Waals surface area contributed by atoms with Gasteiger partial charge in [0.25, 0.3) is 5.91 Å². The van der Waals surface area contributed by atoms with Gasteiger partial charge in [0.1, 0.15) is 5.75 Å². The van der Waals surface area contributed by atoms with E-state index in [1.807, 2.05) is 54.6 Å². The lowest BCUT2D eigenvalue weighted by Crippen LogP contribution is -2.28. The largest absolute Gasteiger partial charge is 0.493 e. The fourth-order valence-corrected chi connectivity index (χ4v) is 3.67. The van der Waals surface area contributed by atoms with Crippen LogP contribution >= 0.6 is 15.9 Å². The number of nitrogens with one attached hydrogen (secondary N) is 1. The number of halogens is 1. The van der Waals surface area contributed by atoms with E-state index in [0.717, 1.165) is 27.2 Å². The molecule has 0 radical (unpaired) electrons. The van der Waals surface area contributed by atoms with Gasteiger partial charge in [-0.1, -0.05) is 50.2 Å². The summed E-state index contributed by atoms with van der Waals surface area (Å²) in [6.45, 7) is 5.28. The van der Waals surface area contributed by atoms with Crippen molar-refractivity contribution in [3.8, 4) is 17.2 Å². The SMILES string of the molecule is COc1cc(CNC(=O)COc2ccc3ccccc3c2Br)ccc1OCCC(C)C. The summed E-state index contributed by atoms with van der Waals surface area (Å²) in [5.41, 5.74) is 0.924. The number of methoxy groups -OCH3 is 1. The summed E-state index contributed by atoms with van der Waals surface area (Å²) in [7, 11) is 1.61. The van der Waals surface area contributed by atoms with E-state index in [1.165, 1.54) is 0 Å². The van der Waals surface area contributed by atoms with Gasteiger partial charge in [-0.15, -0.1) is 0 Å². The maximum Gasteiger partial charge on any atom is 0.258 e. The van der Waals surface area contributed by atoms with Crippen molar-refractivity contribution >= 4 is 32.6 Å². The molecule has 31 heavy (non-hydrogen) atoms. The molecule has 3 aromatic rings. The van der Waals surface area contributed by atoms with E-state index in [0.29, 0.717) is 36.3 Å². The van der Waals surface area contributed by atoms with Gasteiger partial charge >= 0.3 is 0 Å². The van der Waals surface area contributed by atoms with Crippen molar-refractivity contribution in [3.05, 3.63) is 64.6 Å². The van der Waals surface area contributed by atoms with Crippen molar-refractivity contribution in [2.45, 2.75) is 26.8 Å². The van der Waals surface area contributed by atoms with Crippen LogP contribution in [0, 0.1) is 5.92 Å². The van der Waals surface area contributed by atoms with Gasteiger partial charge < -0.3 is 19.5 Å². The molecular weight excluding hydrogens is 458 g/mol. The summed E-state index contributed by atoms with van der Waals surface area (Å²) in [6, 6.07) is 17.5. The van der Waals surface area contributed by atoms with E-state index in [2.05, 4.69) is 35.1 Å². The third kappa shape index (κ3) is 6.37. The van der Waals surface area contributed by atoms with Crippen molar-refractivity contribution in [1.29, 1.82) is 0 Å². The molecule has 0 aliphatic rings. The van der Waals surface area contributed by atoms with Gasteiger partial charge in [0, 0.05) is 6.54 Å². The Morgan fingerprint density at radius 2 is 1.77 bits per heavy atom. The highest BCUT2D eigenvalue weighted by molar-refractivity contribution is 9.10. The number of carbonyl (C=O) groups is 1. The Bertz CT molecular complexity index is 1040. The maximum atomic E-state index is 12.3. The molecule has 6 heteroatoms. The average molecular weight is 486 g/mol. The number of hydrogen-bond donors (Lipinski definition) is 1. The molecule has 5 nitrogen and oxygen atoms in total. The first-order valence-corrected chi connectivity index (χ1v) is 11.1. The number of ether oxygens (including phenoxy) is 3. The molecule has 0 spiro atoms. The maximum absolute atomic E-state index is 12.3. The van der Waals surface area contributed by atoms with E-state index in [9.17, 15) is 4.79 Å². The lowest BCUT2D eigenvalue weighted by molar-refractivity contribution is -0.123. The number of hydrogen-bond acceptors (Lipinski definition) is 4. The third-order valence-electron chi connectivity index (χ3n) is 4.86. The van der Waals surface area contributed by atoms with Crippen LogP contribution in [0.2, 0.25) is 0 Å². The van der Waals surface area contributed by atoms with Crippen LogP contribution in [0.4, 0.5) is 0 Å². The van der Waals surface area contributed by atoms with Gasteiger partial charge in [0.2, 0.25) is 0 Å². The standard InChI is InChI=1S/C25H28BrNO4/c1-17(2)12-13-30-21-10-8-18(14-23(21)29-3)15-27-24(28)16-31-22-11-9-19-6-4-5-7-20(19)25(22)26/h4-11,14,17H,12-13,15-16H2,1-3H3,(H,27,28). The van der Waals surface area contributed by atoms with Crippen molar-refractivity contribution in [3.63, 3.8) is 0 Å². The second kappa shape index (κ2) is 11.0. The van der Waals surface area contributed by atoms with Crippen LogP contribution < -0.4 is 19.5 Å². The monoisotopic (exact) mass is 485 g/mol. The summed E-state index contributed by atoms with van der Waals surface area (Å²) in [5, 5.41) is 5.03. The van der Waals surface area contributed by atoms with Gasteiger partial charge in [-0.25, -0.2) is 0 Å². The van der Waals surface area contributed by atoms with Crippen molar-refractivity contribution < 1.29 is 19.0 Å². The van der Waals surface area contributed by atoms with Gasteiger partial charge in [0.15, 0.2) is 18.1 Å². The molecule has 0 aromatic heterocycles. The highest BCUT2D eigenvalue weighted by atomic mass is 79.9. The van der Waals surface area contributed by atoms with Gasteiger partial charge in [-0.2, -0.15) is 0 Å². The second-order valence-corrected chi connectivity index (χ2v) is 8.47. The summed E-state index contributed by atoms with van der Waals surface area (Å²) in [4.78, 5) is 12.3. The number of benzene rings is 3. The minimum atomic E-state index is -0.198. The fourth-order valence-electron chi connectivity index (χ4n) is 3.07. The Hall–Kier alpha value is -2.73. The van der Waals surface area contributed by atoms with Crippen molar-refractivity contribution in [2.75, 3.05) is 20.3 Å². The molecule has 3 aromatic carbocycles.